The summed E-state index contributed by atoms with van der Waals surface area (Å²) in [5.41, 5.74) is 9.04. The van der Waals surface area contributed by atoms with Crippen molar-refractivity contribution in [3.63, 3.8) is 0 Å². The molecule has 20 heavy (non-hydrogen) atoms. The van der Waals surface area contributed by atoms with Crippen LogP contribution in [0.2, 0.25) is 0 Å². The van der Waals surface area contributed by atoms with Crippen LogP contribution in [0.3, 0.4) is 0 Å². The molecule has 0 amide bonds. The van der Waals surface area contributed by atoms with E-state index in [2.05, 4.69) is 9.97 Å². The van der Waals surface area contributed by atoms with Crippen LogP contribution in [-0.2, 0) is 6.54 Å². The van der Waals surface area contributed by atoms with Gasteiger partial charge in [-0.05, 0) is 30.7 Å². The van der Waals surface area contributed by atoms with Crippen molar-refractivity contribution in [3.8, 4) is 0 Å². The fourth-order valence-corrected chi connectivity index (χ4v) is 2.20. The molecule has 3 aromatic rings. The molecule has 3 rings (SSSR count). The third-order valence-electron chi connectivity index (χ3n) is 3.24. The molecule has 100 valence electrons. The molecule has 0 saturated carbocycles. The smallest absolute Gasteiger partial charge is 0.253 e. The molecule has 0 unspecified atom stereocenters. The molecule has 0 saturated heterocycles. The van der Waals surface area contributed by atoms with Crippen molar-refractivity contribution in [2.45, 2.75) is 13.5 Å². The van der Waals surface area contributed by atoms with Gasteiger partial charge in [0, 0.05) is 29.0 Å². The van der Waals surface area contributed by atoms with E-state index < -0.39 is 0 Å². The summed E-state index contributed by atoms with van der Waals surface area (Å²) in [6.07, 6.45) is 3.28. The van der Waals surface area contributed by atoms with E-state index in [0.717, 1.165) is 16.5 Å². The first-order chi connectivity index (χ1) is 9.65. The van der Waals surface area contributed by atoms with Gasteiger partial charge in [0.2, 0.25) is 0 Å². The number of hydrogen-bond acceptors (Lipinski definition) is 4. The molecule has 0 spiro atoms. The number of fused-ring (bicyclic) bond motifs is 1. The standard InChI is InChI=1S/C15H14N4O/c1-10-7-14(20)19(9-18-10)8-11-4-5-13(16)12-3-2-6-17-15(11)12/h2-7,9H,8,16H2,1H3. The average molecular weight is 266 g/mol. The van der Waals surface area contributed by atoms with Crippen molar-refractivity contribution in [2.75, 3.05) is 5.73 Å². The van der Waals surface area contributed by atoms with E-state index in [-0.39, 0.29) is 5.56 Å². The third kappa shape index (κ3) is 2.14. The normalized spacial score (nSPS) is 10.8. The maximum Gasteiger partial charge on any atom is 0.253 e. The number of hydrogen-bond donors (Lipinski definition) is 1. The van der Waals surface area contributed by atoms with E-state index >= 15 is 0 Å². The van der Waals surface area contributed by atoms with Crippen LogP contribution in [0.25, 0.3) is 10.9 Å². The van der Waals surface area contributed by atoms with E-state index in [9.17, 15) is 4.79 Å². The van der Waals surface area contributed by atoms with Crippen molar-refractivity contribution in [3.05, 3.63) is 64.5 Å². The molecule has 1 aromatic carbocycles. The lowest BCUT2D eigenvalue weighted by atomic mass is 10.1. The first-order valence-electron chi connectivity index (χ1n) is 6.30. The lowest BCUT2D eigenvalue weighted by molar-refractivity contribution is 0.733. The van der Waals surface area contributed by atoms with Crippen LogP contribution in [0.15, 0.2) is 47.7 Å². The molecule has 5 heteroatoms. The van der Waals surface area contributed by atoms with E-state index in [1.165, 1.54) is 6.07 Å². The molecule has 0 bridgehead atoms. The van der Waals surface area contributed by atoms with Gasteiger partial charge >= 0.3 is 0 Å². The Morgan fingerprint density at radius 1 is 1.25 bits per heavy atom. The van der Waals surface area contributed by atoms with Gasteiger partial charge in [0.15, 0.2) is 0 Å². The Kier molecular flexibility index (Phi) is 2.95. The molecule has 5 nitrogen and oxygen atoms in total. The summed E-state index contributed by atoms with van der Waals surface area (Å²) >= 11 is 0. The minimum atomic E-state index is -0.0709. The van der Waals surface area contributed by atoms with E-state index in [0.29, 0.717) is 17.9 Å². The Labute approximate surface area is 115 Å². The highest BCUT2D eigenvalue weighted by molar-refractivity contribution is 5.92. The van der Waals surface area contributed by atoms with Gasteiger partial charge < -0.3 is 5.73 Å². The number of aryl methyl sites for hydroxylation is 1. The molecule has 0 fully saturated rings. The summed E-state index contributed by atoms with van der Waals surface area (Å²) in [7, 11) is 0. The van der Waals surface area contributed by atoms with E-state index in [1.54, 1.807) is 24.0 Å². The van der Waals surface area contributed by atoms with Crippen molar-refractivity contribution in [2.24, 2.45) is 0 Å². The highest BCUT2D eigenvalue weighted by Gasteiger charge is 2.06. The first kappa shape index (κ1) is 12.3. The second kappa shape index (κ2) is 4.77. The summed E-state index contributed by atoms with van der Waals surface area (Å²) < 4.78 is 1.56. The number of benzene rings is 1. The summed E-state index contributed by atoms with van der Waals surface area (Å²) in [6.45, 7) is 2.23. The maximum atomic E-state index is 11.9. The van der Waals surface area contributed by atoms with Gasteiger partial charge in [0.25, 0.3) is 5.56 Å². The zero-order chi connectivity index (χ0) is 14.1. The lowest BCUT2D eigenvalue weighted by Crippen LogP contribution is -2.20. The van der Waals surface area contributed by atoms with Gasteiger partial charge in [0.05, 0.1) is 18.4 Å². The minimum absolute atomic E-state index is 0.0709. The highest BCUT2D eigenvalue weighted by Crippen LogP contribution is 2.22. The molecule has 0 radical (unpaired) electrons. The second-order valence-electron chi connectivity index (χ2n) is 4.71. The zero-order valence-corrected chi connectivity index (χ0v) is 11.1. The molecule has 2 heterocycles. The fourth-order valence-electron chi connectivity index (χ4n) is 2.20. The number of nitrogens with two attached hydrogens (primary N) is 1. The van der Waals surface area contributed by atoms with Gasteiger partial charge in [-0.15, -0.1) is 0 Å². The van der Waals surface area contributed by atoms with Crippen LogP contribution in [0.4, 0.5) is 5.69 Å². The van der Waals surface area contributed by atoms with Gasteiger partial charge in [-0.1, -0.05) is 6.07 Å². The third-order valence-corrected chi connectivity index (χ3v) is 3.24. The van der Waals surface area contributed by atoms with Gasteiger partial charge in [0.1, 0.15) is 0 Å². The summed E-state index contributed by atoms with van der Waals surface area (Å²) in [4.78, 5) is 20.4. The molecule has 0 aliphatic rings. The van der Waals surface area contributed by atoms with E-state index in [1.807, 2.05) is 24.3 Å². The molecular weight excluding hydrogens is 252 g/mol. The average Bonchev–Trinajstić information content (AvgIpc) is 2.45. The molecule has 2 aromatic heterocycles. The lowest BCUT2D eigenvalue weighted by Gasteiger charge is -2.09. The van der Waals surface area contributed by atoms with Crippen molar-refractivity contribution < 1.29 is 0 Å². The molecular formula is C15H14N4O. The quantitative estimate of drug-likeness (QED) is 0.717. The van der Waals surface area contributed by atoms with Crippen LogP contribution >= 0.6 is 0 Å². The molecule has 2 N–H and O–H groups in total. The molecule has 0 aliphatic carbocycles. The van der Waals surface area contributed by atoms with Crippen LogP contribution < -0.4 is 11.3 Å². The van der Waals surface area contributed by atoms with Crippen molar-refractivity contribution >= 4 is 16.6 Å². The predicted molar refractivity (Wildman–Crippen MR) is 78.5 cm³/mol. The SMILES string of the molecule is Cc1cc(=O)n(Cc2ccc(N)c3cccnc23)cn1. The predicted octanol–water partition coefficient (Wildman–Crippen LogP) is 1.73. The number of nitrogen functional groups attached to an aromatic ring is 1. The van der Waals surface area contributed by atoms with Crippen LogP contribution in [-0.4, -0.2) is 14.5 Å². The van der Waals surface area contributed by atoms with Crippen LogP contribution in [0.5, 0.6) is 0 Å². The topological polar surface area (TPSA) is 73.8 Å². The van der Waals surface area contributed by atoms with Crippen LogP contribution in [0, 0.1) is 6.92 Å². The number of nitrogens with zero attached hydrogens (tertiary/aromatic N) is 3. The Morgan fingerprint density at radius 2 is 2.10 bits per heavy atom. The number of anilines is 1. The molecule has 0 atom stereocenters. The Hall–Kier alpha value is -2.69. The van der Waals surface area contributed by atoms with E-state index in [4.69, 9.17) is 5.73 Å². The van der Waals surface area contributed by atoms with Gasteiger partial charge in [-0.3, -0.25) is 14.3 Å². The largest absolute Gasteiger partial charge is 0.398 e. The van der Waals surface area contributed by atoms with Crippen molar-refractivity contribution in [1.82, 2.24) is 14.5 Å². The second-order valence-corrected chi connectivity index (χ2v) is 4.71. The monoisotopic (exact) mass is 266 g/mol. The summed E-state index contributed by atoms with van der Waals surface area (Å²) in [6, 6.07) is 9.04. The summed E-state index contributed by atoms with van der Waals surface area (Å²) in [5.74, 6) is 0. The minimum Gasteiger partial charge on any atom is -0.398 e. The number of aromatic nitrogens is 3. The van der Waals surface area contributed by atoms with Crippen molar-refractivity contribution in [1.29, 1.82) is 0 Å². The van der Waals surface area contributed by atoms with Gasteiger partial charge in [-0.2, -0.15) is 0 Å². The maximum absolute atomic E-state index is 11.9. The Balaban J connectivity index is 2.12. The first-order valence-corrected chi connectivity index (χ1v) is 6.30. The zero-order valence-electron chi connectivity index (χ0n) is 11.1. The molecule has 0 aliphatic heterocycles. The van der Waals surface area contributed by atoms with Crippen LogP contribution in [0.1, 0.15) is 11.3 Å². The van der Waals surface area contributed by atoms with Gasteiger partial charge in [-0.25, -0.2) is 4.98 Å². The number of pyridine rings is 1. The fraction of sp³-hybridized carbons (Fsp3) is 0.133. The highest BCUT2D eigenvalue weighted by atomic mass is 16.1. The number of rotatable bonds is 2. The summed E-state index contributed by atoms with van der Waals surface area (Å²) in [5, 5.41) is 0.901. The Bertz CT molecular complexity index is 839. The Morgan fingerprint density at radius 3 is 2.90 bits per heavy atom.